The van der Waals surface area contributed by atoms with Crippen LogP contribution in [0.25, 0.3) is 11.0 Å². The molecule has 2 N–H and O–H groups in total. The Kier molecular flexibility index (Phi) is 3.66. The number of halogens is 4. The van der Waals surface area contributed by atoms with Crippen molar-refractivity contribution in [2.45, 2.75) is 12.7 Å². The van der Waals surface area contributed by atoms with Crippen molar-refractivity contribution in [3.8, 4) is 0 Å². The van der Waals surface area contributed by atoms with Gasteiger partial charge in [-0.2, -0.15) is 13.2 Å². The highest BCUT2D eigenvalue weighted by molar-refractivity contribution is 6.30. The third-order valence-electron chi connectivity index (χ3n) is 3.18. The number of aromatic amines is 1. The van der Waals surface area contributed by atoms with Crippen molar-refractivity contribution in [2.24, 2.45) is 0 Å². The standard InChI is InChI=1S/C14H10ClF3N4/c15-9-2-1-8(11(5-9)14(16,17)18)6-20-13-10-3-4-19-12(10)21-7-22-13/h1-5,7H,6H2,(H2,19,20,21,22). The first-order valence-corrected chi connectivity index (χ1v) is 6.70. The molecule has 8 heteroatoms. The number of rotatable bonds is 3. The van der Waals surface area contributed by atoms with E-state index in [4.69, 9.17) is 11.6 Å². The molecule has 3 rings (SSSR count). The lowest BCUT2D eigenvalue weighted by molar-refractivity contribution is -0.138. The minimum Gasteiger partial charge on any atom is -0.365 e. The molecule has 2 aromatic heterocycles. The van der Waals surface area contributed by atoms with E-state index in [1.807, 2.05) is 0 Å². The molecule has 0 aliphatic heterocycles. The fourth-order valence-corrected chi connectivity index (χ4v) is 2.33. The topological polar surface area (TPSA) is 53.6 Å². The molecular weight excluding hydrogens is 317 g/mol. The molecule has 114 valence electrons. The molecule has 1 aromatic carbocycles. The number of fused-ring (bicyclic) bond motifs is 1. The average molecular weight is 327 g/mol. The predicted octanol–water partition coefficient (Wildman–Crippen LogP) is 4.24. The molecule has 0 radical (unpaired) electrons. The van der Waals surface area contributed by atoms with Crippen LogP contribution >= 0.6 is 11.6 Å². The van der Waals surface area contributed by atoms with Crippen LogP contribution in [0.3, 0.4) is 0 Å². The predicted molar refractivity (Wildman–Crippen MR) is 77.7 cm³/mol. The molecule has 0 amide bonds. The Morgan fingerprint density at radius 2 is 2.00 bits per heavy atom. The van der Waals surface area contributed by atoms with Crippen LogP contribution in [0, 0.1) is 0 Å². The molecule has 0 aliphatic carbocycles. The van der Waals surface area contributed by atoms with E-state index in [0.717, 1.165) is 6.07 Å². The van der Waals surface area contributed by atoms with Crippen LogP contribution in [0.15, 0.2) is 36.8 Å². The molecule has 0 saturated carbocycles. The Labute approximate surface area is 128 Å². The molecule has 0 fully saturated rings. The first-order chi connectivity index (χ1) is 10.4. The van der Waals surface area contributed by atoms with E-state index in [0.29, 0.717) is 16.9 Å². The Hall–Kier alpha value is -2.28. The Bertz CT molecular complexity index is 813. The maximum atomic E-state index is 13.0. The highest BCUT2D eigenvalue weighted by atomic mass is 35.5. The number of aromatic nitrogens is 3. The van der Waals surface area contributed by atoms with E-state index in [1.165, 1.54) is 18.5 Å². The summed E-state index contributed by atoms with van der Waals surface area (Å²) in [5.41, 5.74) is -0.0456. The van der Waals surface area contributed by atoms with Crippen LogP contribution in [0.4, 0.5) is 19.0 Å². The maximum Gasteiger partial charge on any atom is 0.416 e. The van der Waals surface area contributed by atoms with E-state index in [1.54, 1.807) is 12.3 Å². The maximum absolute atomic E-state index is 13.0. The van der Waals surface area contributed by atoms with Crippen LogP contribution in [0.1, 0.15) is 11.1 Å². The van der Waals surface area contributed by atoms with E-state index >= 15 is 0 Å². The number of anilines is 1. The number of nitrogens with zero attached hydrogens (tertiary/aromatic N) is 2. The van der Waals surface area contributed by atoms with Crippen molar-refractivity contribution >= 4 is 28.5 Å². The summed E-state index contributed by atoms with van der Waals surface area (Å²) in [7, 11) is 0. The molecule has 0 spiro atoms. The molecule has 0 unspecified atom stereocenters. The number of alkyl halides is 3. The van der Waals surface area contributed by atoms with Crippen molar-refractivity contribution in [1.29, 1.82) is 0 Å². The fraction of sp³-hybridized carbons (Fsp3) is 0.143. The lowest BCUT2D eigenvalue weighted by Gasteiger charge is -2.14. The van der Waals surface area contributed by atoms with Crippen LogP contribution in [-0.4, -0.2) is 15.0 Å². The zero-order chi connectivity index (χ0) is 15.7. The SMILES string of the molecule is FC(F)(F)c1cc(Cl)ccc1CNc1ncnc2[nH]ccc12. The quantitative estimate of drug-likeness (QED) is 0.757. The minimum atomic E-state index is -4.46. The van der Waals surface area contributed by atoms with Gasteiger partial charge in [-0.1, -0.05) is 17.7 Å². The van der Waals surface area contributed by atoms with E-state index in [-0.39, 0.29) is 17.1 Å². The second-order valence-electron chi connectivity index (χ2n) is 4.62. The second kappa shape index (κ2) is 5.49. The van der Waals surface area contributed by atoms with Crippen LogP contribution in [0.5, 0.6) is 0 Å². The smallest absolute Gasteiger partial charge is 0.365 e. The Morgan fingerprint density at radius 1 is 1.18 bits per heavy atom. The third-order valence-corrected chi connectivity index (χ3v) is 3.41. The van der Waals surface area contributed by atoms with Crippen molar-refractivity contribution in [3.63, 3.8) is 0 Å². The van der Waals surface area contributed by atoms with Gasteiger partial charge in [0.1, 0.15) is 17.8 Å². The van der Waals surface area contributed by atoms with Crippen molar-refractivity contribution in [1.82, 2.24) is 15.0 Å². The van der Waals surface area contributed by atoms with Crippen molar-refractivity contribution in [3.05, 3.63) is 52.9 Å². The van der Waals surface area contributed by atoms with Gasteiger partial charge in [-0.3, -0.25) is 0 Å². The number of nitrogens with one attached hydrogen (secondary N) is 2. The summed E-state index contributed by atoms with van der Waals surface area (Å²) in [6.45, 7) is -0.0245. The Morgan fingerprint density at radius 3 is 2.77 bits per heavy atom. The number of hydrogen-bond acceptors (Lipinski definition) is 3. The monoisotopic (exact) mass is 326 g/mol. The van der Waals surface area contributed by atoms with Crippen LogP contribution in [-0.2, 0) is 12.7 Å². The van der Waals surface area contributed by atoms with Crippen molar-refractivity contribution in [2.75, 3.05) is 5.32 Å². The largest absolute Gasteiger partial charge is 0.416 e. The third kappa shape index (κ3) is 2.85. The summed E-state index contributed by atoms with van der Waals surface area (Å²) in [6, 6.07) is 5.46. The summed E-state index contributed by atoms with van der Waals surface area (Å²) in [5, 5.41) is 3.67. The summed E-state index contributed by atoms with van der Waals surface area (Å²) in [5.74, 6) is 0.467. The molecule has 22 heavy (non-hydrogen) atoms. The first-order valence-electron chi connectivity index (χ1n) is 6.33. The molecule has 0 bridgehead atoms. The average Bonchev–Trinajstić information content (AvgIpc) is 2.94. The summed E-state index contributed by atoms with van der Waals surface area (Å²) in [6.07, 6.45) is -1.43. The fourth-order valence-electron chi connectivity index (χ4n) is 2.16. The molecular formula is C14H10ClF3N4. The van der Waals surface area contributed by atoms with Gasteiger partial charge in [-0.05, 0) is 23.8 Å². The zero-order valence-corrected chi connectivity index (χ0v) is 11.8. The zero-order valence-electron chi connectivity index (χ0n) is 11.1. The molecule has 0 atom stereocenters. The lowest BCUT2D eigenvalue weighted by Crippen LogP contribution is -2.12. The second-order valence-corrected chi connectivity index (χ2v) is 5.05. The summed E-state index contributed by atoms with van der Waals surface area (Å²) < 4.78 is 39.1. The van der Waals surface area contributed by atoms with E-state index in [9.17, 15) is 13.2 Å². The number of hydrogen-bond donors (Lipinski definition) is 2. The van der Waals surface area contributed by atoms with Gasteiger partial charge in [0.25, 0.3) is 0 Å². The minimum absolute atomic E-state index is 0.0245. The molecule has 3 aromatic rings. The molecule has 0 saturated heterocycles. The van der Waals surface area contributed by atoms with Crippen LogP contribution < -0.4 is 5.32 Å². The molecule has 0 aliphatic rings. The summed E-state index contributed by atoms with van der Waals surface area (Å²) in [4.78, 5) is 11.0. The highest BCUT2D eigenvalue weighted by Gasteiger charge is 2.33. The summed E-state index contributed by atoms with van der Waals surface area (Å²) >= 11 is 5.66. The van der Waals surface area contributed by atoms with Gasteiger partial charge < -0.3 is 10.3 Å². The molecule has 2 heterocycles. The normalized spacial score (nSPS) is 11.8. The number of H-pyrrole nitrogens is 1. The first kappa shape index (κ1) is 14.6. The highest BCUT2D eigenvalue weighted by Crippen LogP contribution is 2.34. The van der Waals surface area contributed by atoms with Gasteiger partial charge >= 0.3 is 6.18 Å². The Balaban J connectivity index is 1.90. The van der Waals surface area contributed by atoms with Crippen LogP contribution in [0.2, 0.25) is 5.02 Å². The van der Waals surface area contributed by atoms with Gasteiger partial charge in [-0.15, -0.1) is 0 Å². The van der Waals surface area contributed by atoms with Gasteiger partial charge in [0.2, 0.25) is 0 Å². The van der Waals surface area contributed by atoms with Gasteiger partial charge in [0.15, 0.2) is 0 Å². The van der Waals surface area contributed by atoms with Gasteiger partial charge in [0.05, 0.1) is 10.9 Å². The van der Waals surface area contributed by atoms with Crippen molar-refractivity contribution < 1.29 is 13.2 Å². The van der Waals surface area contributed by atoms with Gasteiger partial charge in [-0.25, -0.2) is 9.97 Å². The molecule has 4 nitrogen and oxygen atoms in total. The van der Waals surface area contributed by atoms with E-state index in [2.05, 4.69) is 20.3 Å². The lowest BCUT2D eigenvalue weighted by atomic mass is 10.1. The van der Waals surface area contributed by atoms with E-state index < -0.39 is 11.7 Å². The van der Waals surface area contributed by atoms with Gasteiger partial charge in [0, 0.05) is 17.8 Å². The number of benzene rings is 1.